The van der Waals surface area contributed by atoms with Gasteiger partial charge in [0.1, 0.15) is 0 Å². The normalized spacial score (nSPS) is 11.7. The van der Waals surface area contributed by atoms with Gasteiger partial charge in [-0.05, 0) is 29.8 Å². The summed E-state index contributed by atoms with van der Waals surface area (Å²) < 4.78 is 27.7. The van der Waals surface area contributed by atoms with E-state index in [1.165, 1.54) is 34.8 Å². The first kappa shape index (κ1) is 20.3. The fourth-order valence-electron chi connectivity index (χ4n) is 2.86. The average Bonchev–Trinajstić information content (AvgIpc) is 3.12. The van der Waals surface area contributed by atoms with Gasteiger partial charge in [-0.25, -0.2) is 17.9 Å². The summed E-state index contributed by atoms with van der Waals surface area (Å²) in [5.74, 6) is -1.04. The molecular weight excluding hydrogens is 394 g/mol. The molecule has 150 valence electrons. The van der Waals surface area contributed by atoms with Gasteiger partial charge in [-0.2, -0.15) is 0 Å². The van der Waals surface area contributed by atoms with Crippen molar-refractivity contribution in [2.24, 2.45) is 0 Å². The van der Waals surface area contributed by atoms with Crippen molar-refractivity contribution < 1.29 is 23.2 Å². The second-order valence-corrected chi connectivity index (χ2v) is 8.26. The number of aromatic nitrogens is 1. The minimum Gasteiger partial charge on any atom is -0.345 e. The minimum atomic E-state index is -4.01. The summed E-state index contributed by atoms with van der Waals surface area (Å²) in [7, 11) is -0.811. The van der Waals surface area contributed by atoms with Gasteiger partial charge in [0.15, 0.2) is 0 Å². The zero-order valence-electron chi connectivity index (χ0n) is 15.7. The summed E-state index contributed by atoms with van der Waals surface area (Å²) in [5, 5.41) is 9.08. The van der Waals surface area contributed by atoms with Crippen molar-refractivity contribution in [1.82, 2.24) is 14.4 Å². The van der Waals surface area contributed by atoms with Crippen molar-refractivity contribution in [1.29, 1.82) is 0 Å². The lowest BCUT2D eigenvalue weighted by Crippen LogP contribution is -2.21. The number of benzene rings is 2. The SMILES string of the molecule is CN(C)C(=O)c1cn(S(=O)(=O)c2cccc(/C=C/C(=O)NO)c2)c2ccccc12. The van der Waals surface area contributed by atoms with Crippen molar-refractivity contribution in [2.75, 3.05) is 14.1 Å². The Hall–Kier alpha value is -3.43. The Balaban J connectivity index is 2.14. The van der Waals surface area contributed by atoms with E-state index in [4.69, 9.17) is 5.21 Å². The van der Waals surface area contributed by atoms with Crippen LogP contribution in [0.3, 0.4) is 0 Å². The van der Waals surface area contributed by atoms with Crippen LogP contribution in [0, 0.1) is 0 Å². The first-order chi connectivity index (χ1) is 13.8. The monoisotopic (exact) mass is 413 g/mol. The van der Waals surface area contributed by atoms with Gasteiger partial charge >= 0.3 is 0 Å². The Morgan fingerprint density at radius 3 is 2.52 bits per heavy atom. The van der Waals surface area contributed by atoms with E-state index in [1.54, 1.807) is 50.5 Å². The van der Waals surface area contributed by atoms with Crippen LogP contribution in [0.2, 0.25) is 0 Å². The molecule has 0 aliphatic heterocycles. The van der Waals surface area contributed by atoms with Crippen molar-refractivity contribution >= 4 is 38.8 Å². The molecule has 3 aromatic rings. The third-order valence-electron chi connectivity index (χ3n) is 4.27. The van der Waals surface area contributed by atoms with Crippen LogP contribution in [0.5, 0.6) is 0 Å². The number of para-hydroxylation sites is 1. The molecule has 0 bridgehead atoms. The Labute approximate surface area is 167 Å². The van der Waals surface area contributed by atoms with E-state index in [1.807, 2.05) is 0 Å². The zero-order chi connectivity index (χ0) is 21.2. The lowest BCUT2D eigenvalue weighted by molar-refractivity contribution is -0.124. The van der Waals surface area contributed by atoms with E-state index in [2.05, 4.69) is 0 Å². The molecule has 0 spiro atoms. The van der Waals surface area contributed by atoms with Gasteiger partial charge in [-0.3, -0.25) is 14.8 Å². The molecule has 9 heteroatoms. The van der Waals surface area contributed by atoms with Gasteiger partial charge < -0.3 is 4.90 Å². The fraction of sp³-hybridized carbons (Fsp3) is 0.100. The molecule has 1 aromatic heterocycles. The van der Waals surface area contributed by atoms with Crippen molar-refractivity contribution in [3.63, 3.8) is 0 Å². The van der Waals surface area contributed by atoms with Crippen molar-refractivity contribution in [3.05, 3.63) is 71.9 Å². The molecule has 0 saturated carbocycles. The number of hydroxylamine groups is 1. The lowest BCUT2D eigenvalue weighted by atomic mass is 10.1. The number of fused-ring (bicyclic) bond motifs is 1. The second kappa shape index (κ2) is 7.90. The number of amides is 2. The summed E-state index contributed by atoms with van der Waals surface area (Å²) in [5.41, 5.74) is 2.59. The predicted octanol–water partition coefficient (Wildman–Crippen LogP) is 2.10. The number of hydrogen-bond donors (Lipinski definition) is 2. The molecule has 2 amide bonds. The van der Waals surface area contributed by atoms with Crippen LogP contribution in [0.25, 0.3) is 17.0 Å². The largest absolute Gasteiger partial charge is 0.345 e. The van der Waals surface area contributed by atoms with E-state index in [-0.39, 0.29) is 16.4 Å². The molecule has 0 fully saturated rings. The highest BCUT2D eigenvalue weighted by Gasteiger charge is 2.24. The number of hydrogen-bond acceptors (Lipinski definition) is 5. The summed E-state index contributed by atoms with van der Waals surface area (Å²) in [6.07, 6.45) is 3.77. The van der Waals surface area contributed by atoms with Crippen LogP contribution in [0.4, 0.5) is 0 Å². The number of carbonyl (C=O) groups excluding carboxylic acids is 2. The van der Waals surface area contributed by atoms with Crippen LogP contribution >= 0.6 is 0 Å². The lowest BCUT2D eigenvalue weighted by Gasteiger charge is -2.09. The van der Waals surface area contributed by atoms with Gasteiger partial charge in [0.25, 0.3) is 21.8 Å². The van der Waals surface area contributed by atoms with E-state index in [9.17, 15) is 18.0 Å². The maximum Gasteiger partial charge on any atom is 0.268 e. The summed E-state index contributed by atoms with van der Waals surface area (Å²) in [4.78, 5) is 25.0. The van der Waals surface area contributed by atoms with Crippen molar-refractivity contribution in [3.8, 4) is 0 Å². The number of nitrogens with one attached hydrogen (secondary N) is 1. The second-order valence-electron chi connectivity index (χ2n) is 6.44. The average molecular weight is 413 g/mol. The Bertz CT molecular complexity index is 1230. The van der Waals surface area contributed by atoms with E-state index in [0.717, 1.165) is 10.0 Å². The molecule has 1 heterocycles. The van der Waals surface area contributed by atoms with Gasteiger partial charge in [-0.1, -0.05) is 30.3 Å². The van der Waals surface area contributed by atoms with Crippen LogP contribution in [0.15, 0.2) is 65.7 Å². The van der Waals surface area contributed by atoms with Gasteiger partial charge in [0, 0.05) is 31.8 Å². The molecule has 0 saturated heterocycles. The first-order valence-corrected chi connectivity index (χ1v) is 9.99. The Kier molecular flexibility index (Phi) is 5.53. The van der Waals surface area contributed by atoms with Crippen LogP contribution in [-0.2, 0) is 14.8 Å². The number of nitrogens with zero attached hydrogens (tertiary/aromatic N) is 2. The van der Waals surface area contributed by atoms with Gasteiger partial charge in [-0.15, -0.1) is 0 Å². The number of rotatable bonds is 5. The quantitative estimate of drug-likeness (QED) is 0.378. The predicted molar refractivity (Wildman–Crippen MR) is 108 cm³/mol. The molecule has 0 radical (unpaired) electrons. The molecular formula is C20H19N3O5S. The van der Waals surface area contributed by atoms with E-state index >= 15 is 0 Å². The highest BCUT2D eigenvalue weighted by Crippen LogP contribution is 2.27. The third-order valence-corrected chi connectivity index (χ3v) is 5.94. The smallest absolute Gasteiger partial charge is 0.268 e. The maximum atomic E-state index is 13.3. The van der Waals surface area contributed by atoms with Gasteiger partial charge in [0.2, 0.25) is 0 Å². The molecule has 0 aliphatic rings. The minimum absolute atomic E-state index is 0.00587. The highest BCUT2D eigenvalue weighted by molar-refractivity contribution is 7.90. The summed E-state index contributed by atoms with van der Waals surface area (Å²) >= 11 is 0. The number of carbonyl (C=O) groups is 2. The topological polar surface area (TPSA) is 109 Å². The zero-order valence-corrected chi connectivity index (χ0v) is 16.6. The van der Waals surface area contributed by atoms with Gasteiger partial charge in [0.05, 0.1) is 16.0 Å². The molecule has 0 atom stereocenters. The molecule has 8 nitrogen and oxygen atoms in total. The third kappa shape index (κ3) is 3.91. The molecule has 0 unspecified atom stereocenters. The first-order valence-electron chi connectivity index (χ1n) is 8.55. The standard InChI is InChI=1S/C20H19N3O5S/c1-22(2)20(25)17-13-23(18-9-4-3-8-16(17)18)29(27,28)15-7-5-6-14(12-15)10-11-19(24)21-26/h3-13,26H,1-2H3,(H,21,24)/b11-10+. The van der Waals surface area contributed by atoms with E-state index in [0.29, 0.717) is 16.5 Å². The summed E-state index contributed by atoms with van der Waals surface area (Å²) in [6, 6.07) is 12.8. The Morgan fingerprint density at radius 2 is 1.83 bits per heavy atom. The molecule has 3 rings (SSSR count). The van der Waals surface area contributed by atoms with E-state index < -0.39 is 15.9 Å². The van der Waals surface area contributed by atoms with Crippen LogP contribution in [-0.4, -0.2) is 48.4 Å². The molecule has 2 aromatic carbocycles. The maximum absolute atomic E-state index is 13.3. The Morgan fingerprint density at radius 1 is 1.10 bits per heavy atom. The van der Waals surface area contributed by atoms with Crippen LogP contribution in [0.1, 0.15) is 15.9 Å². The highest BCUT2D eigenvalue weighted by atomic mass is 32.2. The summed E-state index contributed by atoms with van der Waals surface area (Å²) in [6.45, 7) is 0. The molecule has 29 heavy (non-hydrogen) atoms. The molecule has 2 N–H and O–H groups in total. The fourth-order valence-corrected chi connectivity index (χ4v) is 4.29. The molecule has 0 aliphatic carbocycles. The van der Waals surface area contributed by atoms with Crippen molar-refractivity contribution in [2.45, 2.75) is 4.90 Å². The van der Waals surface area contributed by atoms with Crippen LogP contribution < -0.4 is 5.48 Å².